The Morgan fingerprint density at radius 3 is 2.67 bits per heavy atom. The van der Waals surface area contributed by atoms with E-state index in [1.165, 1.54) is 6.20 Å². The van der Waals surface area contributed by atoms with Crippen LogP contribution in [0.5, 0.6) is 0 Å². The lowest BCUT2D eigenvalue weighted by molar-refractivity contribution is -0.117. The van der Waals surface area contributed by atoms with Crippen molar-refractivity contribution in [2.45, 2.75) is 39.8 Å². The first-order chi connectivity index (χ1) is 17.5. The number of rotatable bonds is 9. The minimum atomic E-state index is -0.679. The zero-order valence-corrected chi connectivity index (χ0v) is 20.2. The smallest absolute Gasteiger partial charge is 0.242 e. The zero-order chi connectivity index (χ0) is 26.1. The lowest BCUT2D eigenvalue weighted by Crippen LogP contribution is -2.32. The van der Waals surface area contributed by atoms with E-state index < -0.39 is 6.04 Å². The lowest BCUT2D eigenvalue weighted by atomic mass is 10.2. The van der Waals surface area contributed by atoms with Crippen LogP contribution in [0.4, 0.5) is 11.6 Å². The predicted octanol–water partition coefficient (Wildman–Crippen LogP) is 3.00. The molecule has 1 atom stereocenters. The van der Waals surface area contributed by atoms with Crippen molar-refractivity contribution >= 4 is 34.4 Å². The summed E-state index contributed by atoms with van der Waals surface area (Å²) in [5, 5.41) is 22.2. The molecule has 12 nitrogen and oxygen atoms in total. The van der Waals surface area contributed by atoms with Gasteiger partial charge in [0.05, 0.1) is 36.1 Å². The summed E-state index contributed by atoms with van der Waals surface area (Å²) >= 11 is 0. The van der Waals surface area contributed by atoms with Crippen molar-refractivity contribution in [1.29, 1.82) is 5.26 Å². The summed E-state index contributed by atoms with van der Waals surface area (Å²) in [5.41, 5.74) is 7.62. The maximum absolute atomic E-state index is 13.1. The van der Waals surface area contributed by atoms with Crippen molar-refractivity contribution in [3.63, 3.8) is 0 Å². The summed E-state index contributed by atoms with van der Waals surface area (Å²) < 4.78 is 6.62. The fraction of sp³-hybridized carbons (Fsp3) is 0.292. The van der Waals surface area contributed by atoms with Crippen molar-refractivity contribution in [2.75, 3.05) is 17.2 Å². The molecule has 4 rings (SSSR count). The van der Waals surface area contributed by atoms with E-state index in [2.05, 4.69) is 30.9 Å². The first-order valence-electron chi connectivity index (χ1n) is 11.4. The number of imidazole rings is 1. The van der Waals surface area contributed by atoms with E-state index >= 15 is 0 Å². The number of carbonyl (C=O) groups excluding carboxylic acids is 2. The summed E-state index contributed by atoms with van der Waals surface area (Å²) in [5.74, 6) is 0.424. The molecule has 0 aliphatic rings. The Bertz CT molecular complexity index is 1370. The fourth-order valence-corrected chi connectivity index (χ4v) is 3.21. The number of anilines is 2. The number of nitrogens with one attached hydrogen (secondary N) is 2. The van der Waals surface area contributed by atoms with Crippen LogP contribution in [0.15, 0.2) is 47.2 Å². The molecule has 0 fully saturated rings. The summed E-state index contributed by atoms with van der Waals surface area (Å²) in [7, 11) is 0. The Balaban J connectivity index is 0.00000176. The highest BCUT2D eigenvalue weighted by molar-refractivity contribution is 5.98. The topological polar surface area (TPSA) is 178 Å². The number of nitrogens with two attached hydrogens (primary N) is 1. The molecule has 36 heavy (non-hydrogen) atoms. The molecule has 0 saturated heterocycles. The van der Waals surface area contributed by atoms with E-state index in [9.17, 15) is 9.59 Å². The summed E-state index contributed by atoms with van der Waals surface area (Å²) in [6.07, 6.45) is 1.67. The van der Waals surface area contributed by atoms with Crippen LogP contribution in [0, 0.1) is 11.3 Å². The Labute approximate surface area is 207 Å². The van der Waals surface area contributed by atoms with Crippen LogP contribution >= 0.6 is 0 Å². The summed E-state index contributed by atoms with van der Waals surface area (Å²) in [6.45, 7) is 5.87. The maximum Gasteiger partial charge on any atom is 0.242 e. The molecule has 1 amide bonds. The summed E-state index contributed by atoms with van der Waals surface area (Å²) in [6, 6.07) is 11.9. The van der Waals surface area contributed by atoms with Gasteiger partial charge in [-0.2, -0.15) is 5.26 Å². The predicted molar refractivity (Wildman–Crippen MR) is 134 cm³/mol. The van der Waals surface area contributed by atoms with Gasteiger partial charge in [-0.15, -0.1) is 0 Å². The first kappa shape index (κ1) is 26.0. The van der Waals surface area contributed by atoms with Crippen LogP contribution < -0.4 is 16.4 Å². The fourth-order valence-electron chi connectivity index (χ4n) is 3.21. The number of pyridine rings is 1. The molecule has 1 unspecified atom stereocenters. The average molecular weight is 490 g/mol. The number of amides is 1. The second kappa shape index (κ2) is 12.2. The van der Waals surface area contributed by atoms with Crippen molar-refractivity contribution in [3.8, 4) is 17.6 Å². The number of fused-ring (bicyclic) bond motifs is 1. The number of nitriles is 1. The Morgan fingerprint density at radius 2 is 1.97 bits per heavy atom. The van der Waals surface area contributed by atoms with Gasteiger partial charge in [0.15, 0.2) is 17.3 Å². The quantitative estimate of drug-likeness (QED) is 0.234. The van der Waals surface area contributed by atoms with Gasteiger partial charge in [0.25, 0.3) is 0 Å². The lowest BCUT2D eigenvalue weighted by Gasteiger charge is -2.09. The standard InChI is InChI=1S/C22H21N9O3.C2H6/c1-13(24)22(33)28-18-8-7-14(11-26-18)17(32)12-31-16-6-3-2-5-15(16)27-21(31)19-20(30-34-29-19)25-10-4-9-23;1-2/h2-3,5-8,11,13H,4,10,12,24H2,1H3,(H,25,30)(H,26,28,33);1-2H3. The van der Waals surface area contributed by atoms with Gasteiger partial charge in [-0.05, 0) is 41.5 Å². The van der Waals surface area contributed by atoms with E-state index in [0.717, 1.165) is 5.52 Å². The van der Waals surface area contributed by atoms with Crippen molar-refractivity contribution in [3.05, 3.63) is 48.2 Å². The number of carbonyl (C=O) groups is 2. The average Bonchev–Trinajstić information content (AvgIpc) is 3.50. The van der Waals surface area contributed by atoms with Crippen molar-refractivity contribution < 1.29 is 14.2 Å². The SMILES string of the molecule is CC.CC(N)C(=O)Nc1ccc(C(=O)Cn2c(-c3nonc3NCCC#N)nc3ccccc32)cn1. The minimum Gasteiger partial charge on any atom is -0.364 e. The highest BCUT2D eigenvalue weighted by atomic mass is 16.6. The zero-order valence-electron chi connectivity index (χ0n) is 20.2. The molecule has 0 spiro atoms. The monoisotopic (exact) mass is 489 g/mol. The Hall–Kier alpha value is -4.63. The van der Waals surface area contributed by atoms with E-state index in [1.54, 1.807) is 23.6 Å². The largest absolute Gasteiger partial charge is 0.364 e. The van der Waals surface area contributed by atoms with Crippen molar-refractivity contribution in [2.24, 2.45) is 5.73 Å². The molecule has 0 aliphatic heterocycles. The number of para-hydroxylation sites is 2. The van der Waals surface area contributed by atoms with Crippen molar-refractivity contribution in [1.82, 2.24) is 24.8 Å². The molecule has 0 radical (unpaired) electrons. The molecule has 3 heterocycles. The van der Waals surface area contributed by atoms with E-state index in [0.29, 0.717) is 40.8 Å². The number of Topliss-reactive ketones (excluding diaryl/α,β-unsaturated/α-hetero) is 1. The molecule has 12 heteroatoms. The molecule has 1 aromatic carbocycles. The van der Waals surface area contributed by atoms with Crippen LogP contribution in [-0.4, -0.2) is 49.1 Å². The van der Waals surface area contributed by atoms with Gasteiger partial charge < -0.3 is 20.9 Å². The van der Waals surface area contributed by atoms with Crippen LogP contribution in [0.3, 0.4) is 0 Å². The highest BCUT2D eigenvalue weighted by Crippen LogP contribution is 2.28. The molecule has 4 aromatic rings. The molecule has 0 saturated carbocycles. The van der Waals surface area contributed by atoms with Gasteiger partial charge in [0.1, 0.15) is 5.82 Å². The highest BCUT2D eigenvalue weighted by Gasteiger charge is 2.22. The van der Waals surface area contributed by atoms with E-state index in [4.69, 9.17) is 15.6 Å². The molecular weight excluding hydrogens is 462 g/mol. The number of aromatic nitrogens is 5. The van der Waals surface area contributed by atoms with Gasteiger partial charge in [0, 0.05) is 18.3 Å². The van der Waals surface area contributed by atoms with E-state index in [1.807, 2.05) is 44.2 Å². The normalized spacial score (nSPS) is 11.2. The van der Waals surface area contributed by atoms with Gasteiger partial charge >= 0.3 is 0 Å². The first-order valence-corrected chi connectivity index (χ1v) is 11.4. The molecular formula is C24H27N9O3. The van der Waals surface area contributed by atoms with Gasteiger partial charge in [0.2, 0.25) is 11.7 Å². The number of nitrogens with zero attached hydrogens (tertiary/aromatic N) is 6. The third-order valence-corrected chi connectivity index (χ3v) is 4.94. The van der Waals surface area contributed by atoms with Crippen LogP contribution in [0.2, 0.25) is 0 Å². The second-order valence-corrected chi connectivity index (χ2v) is 7.44. The van der Waals surface area contributed by atoms with Gasteiger partial charge in [-0.25, -0.2) is 14.6 Å². The second-order valence-electron chi connectivity index (χ2n) is 7.44. The maximum atomic E-state index is 13.1. The van der Waals surface area contributed by atoms with E-state index in [-0.39, 0.29) is 24.7 Å². The Kier molecular flexibility index (Phi) is 8.79. The van der Waals surface area contributed by atoms with Crippen LogP contribution in [0.1, 0.15) is 37.6 Å². The number of benzene rings is 1. The van der Waals surface area contributed by atoms with Crippen LogP contribution in [0.25, 0.3) is 22.6 Å². The third kappa shape index (κ3) is 5.89. The number of hydrogen-bond acceptors (Lipinski definition) is 10. The minimum absolute atomic E-state index is 0.0481. The van der Waals surface area contributed by atoms with Gasteiger partial charge in [-0.1, -0.05) is 26.0 Å². The van der Waals surface area contributed by atoms with Crippen LogP contribution in [-0.2, 0) is 11.3 Å². The molecule has 4 N–H and O–H groups in total. The number of ketones is 1. The van der Waals surface area contributed by atoms with Gasteiger partial charge in [-0.3, -0.25) is 9.59 Å². The Morgan fingerprint density at radius 1 is 1.19 bits per heavy atom. The summed E-state index contributed by atoms with van der Waals surface area (Å²) in [4.78, 5) is 33.6. The number of hydrogen-bond donors (Lipinski definition) is 3. The molecule has 3 aromatic heterocycles. The molecule has 0 bridgehead atoms. The molecule has 186 valence electrons. The molecule has 0 aliphatic carbocycles. The third-order valence-electron chi connectivity index (χ3n) is 4.94.